The van der Waals surface area contributed by atoms with E-state index in [9.17, 15) is 31.9 Å². The minimum atomic E-state index is -0.677. The first-order valence-electron chi connectivity index (χ1n) is 11.9. The Bertz CT molecular complexity index is 1150. The fourth-order valence-electron chi connectivity index (χ4n) is 4.52. The van der Waals surface area contributed by atoms with Crippen molar-refractivity contribution in [2.45, 2.75) is 63.1 Å². The number of hydrogen-bond donors (Lipinski definition) is 1. The van der Waals surface area contributed by atoms with Crippen molar-refractivity contribution in [3.63, 3.8) is 0 Å². The van der Waals surface area contributed by atoms with E-state index >= 15 is 0 Å². The van der Waals surface area contributed by atoms with Crippen LogP contribution in [0.1, 0.15) is 56.6 Å². The number of nitrogens with zero attached hydrogens (tertiary/aromatic N) is 1. The fraction of sp³-hybridized carbons (Fsp3) is 0.444. The number of likely N-dealkylation sites (tertiary alicyclic amines) is 1. The van der Waals surface area contributed by atoms with E-state index in [0.717, 1.165) is 18.4 Å². The van der Waals surface area contributed by atoms with Crippen LogP contribution in [0.25, 0.3) is 0 Å². The number of rotatable bonds is 4. The highest BCUT2D eigenvalue weighted by atomic mass is 35.5. The third-order valence-corrected chi connectivity index (χ3v) is 6.26. The molecule has 216 valence electrons. The van der Waals surface area contributed by atoms with Gasteiger partial charge in [-0.25, -0.2) is 22.4 Å². The molecule has 2 aliphatic heterocycles. The summed E-state index contributed by atoms with van der Waals surface area (Å²) in [6, 6.07) is 6.03. The summed E-state index contributed by atoms with van der Waals surface area (Å²) in [7, 11) is 0. The molecule has 0 aliphatic carbocycles. The minimum absolute atomic E-state index is 0. The number of benzene rings is 2. The zero-order valence-corrected chi connectivity index (χ0v) is 23.3. The number of nitrogens with one attached hydrogen (secondary N) is 1. The van der Waals surface area contributed by atoms with Crippen LogP contribution in [0.15, 0.2) is 36.4 Å². The maximum Gasteiger partial charge on any atom is 0.410 e. The smallest absolute Gasteiger partial charge is 0.410 e. The second-order valence-electron chi connectivity index (χ2n) is 10.2. The van der Waals surface area contributed by atoms with Crippen molar-refractivity contribution in [1.29, 1.82) is 0 Å². The van der Waals surface area contributed by atoms with E-state index in [1.807, 2.05) is 0 Å². The first-order chi connectivity index (χ1) is 17.4. The predicted octanol–water partition coefficient (Wildman–Crippen LogP) is 5.71. The molecular formula is C27H32Cl2F4N2O4. The topological polar surface area (TPSA) is 75.7 Å². The van der Waals surface area contributed by atoms with Gasteiger partial charge in [0.25, 0.3) is 0 Å². The van der Waals surface area contributed by atoms with Crippen LogP contribution in [0, 0.1) is 23.3 Å². The molecule has 0 saturated carbocycles. The fourth-order valence-corrected chi connectivity index (χ4v) is 4.52. The summed E-state index contributed by atoms with van der Waals surface area (Å²) in [6.07, 6.45) is 1.75. The normalized spacial score (nSPS) is 22.1. The van der Waals surface area contributed by atoms with Crippen molar-refractivity contribution in [3.05, 3.63) is 70.8 Å². The van der Waals surface area contributed by atoms with Crippen LogP contribution in [0.5, 0.6) is 0 Å². The van der Waals surface area contributed by atoms with E-state index < -0.39 is 41.0 Å². The average molecular weight is 595 g/mol. The summed E-state index contributed by atoms with van der Waals surface area (Å²) < 4.78 is 58.2. The van der Waals surface area contributed by atoms with Crippen molar-refractivity contribution in [1.82, 2.24) is 10.2 Å². The minimum Gasteiger partial charge on any atom is -0.444 e. The van der Waals surface area contributed by atoms with Gasteiger partial charge < -0.3 is 19.6 Å². The number of ether oxygens (including phenoxy) is 1. The lowest BCUT2D eigenvalue weighted by Crippen LogP contribution is -2.40. The highest BCUT2D eigenvalue weighted by Gasteiger charge is 2.39. The lowest BCUT2D eigenvalue weighted by atomic mass is 9.96. The average Bonchev–Trinajstić information content (AvgIpc) is 3.45. The highest BCUT2D eigenvalue weighted by molar-refractivity contribution is 5.85. The number of aldehydes is 2. The first kappa shape index (κ1) is 34.3. The van der Waals surface area contributed by atoms with E-state index in [0.29, 0.717) is 36.8 Å². The molecule has 2 aliphatic rings. The zero-order chi connectivity index (χ0) is 27.3. The van der Waals surface area contributed by atoms with Gasteiger partial charge in [0.2, 0.25) is 0 Å². The molecule has 2 aromatic rings. The standard InChI is InChI=1S/C16H19F2NO3.C11H11F2NO.2ClH/c1-16(2,3)22-15(21)19-8-10(6-12(19)9-20)13-5-4-11(17)7-14(13)18;12-8-1-2-10(11(13)4-8)7-3-9(6-15)14-5-7;;/h4-5,7,9-10,12H,6,8H2,1-3H3;1-2,4,6-7,9,14H,3,5H2;2*1H. The highest BCUT2D eigenvalue weighted by Crippen LogP contribution is 2.33. The molecule has 4 rings (SSSR count). The third kappa shape index (κ3) is 9.19. The molecule has 6 nitrogen and oxygen atoms in total. The Morgan fingerprint density at radius 3 is 1.87 bits per heavy atom. The SMILES string of the molecule is CC(C)(C)OC(=O)N1CC(c2ccc(F)cc2F)CC1C=O.Cl.Cl.O=CC1CC(c2ccc(F)cc2F)CN1. The number of halogens is 6. The van der Waals surface area contributed by atoms with Crippen LogP contribution in [0.2, 0.25) is 0 Å². The lowest BCUT2D eigenvalue weighted by Gasteiger charge is -2.26. The van der Waals surface area contributed by atoms with Crippen molar-refractivity contribution in [3.8, 4) is 0 Å². The summed E-state index contributed by atoms with van der Waals surface area (Å²) in [5, 5.41) is 2.97. The molecule has 2 aromatic carbocycles. The maximum atomic E-state index is 13.9. The van der Waals surface area contributed by atoms with Gasteiger partial charge in [-0.15, -0.1) is 24.8 Å². The molecule has 2 heterocycles. The van der Waals surface area contributed by atoms with Gasteiger partial charge >= 0.3 is 6.09 Å². The second kappa shape index (κ2) is 14.6. The first-order valence-corrected chi connectivity index (χ1v) is 11.9. The molecule has 0 spiro atoms. The number of carbonyl (C=O) groups excluding carboxylic acids is 3. The largest absolute Gasteiger partial charge is 0.444 e. The summed E-state index contributed by atoms with van der Waals surface area (Å²) in [6.45, 7) is 5.92. The third-order valence-electron chi connectivity index (χ3n) is 6.26. The Morgan fingerprint density at radius 1 is 0.897 bits per heavy atom. The van der Waals surface area contributed by atoms with E-state index in [1.54, 1.807) is 20.8 Å². The molecule has 39 heavy (non-hydrogen) atoms. The van der Waals surface area contributed by atoms with E-state index in [4.69, 9.17) is 4.74 Å². The van der Waals surface area contributed by atoms with Crippen LogP contribution >= 0.6 is 24.8 Å². The molecule has 4 unspecified atom stereocenters. The lowest BCUT2D eigenvalue weighted by molar-refractivity contribution is -0.111. The summed E-state index contributed by atoms with van der Waals surface area (Å²) in [5.41, 5.74) is 0.108. The van der Waals surface area contributed by atoms with Gasteiger partial charge in [-0.2, -0.15) is 0 Å². The molecule has 1 N–H and O–H groups in total. The van der Waals surface area contributed by atoms with Gasteiger partial charge in [0.1, 0.15) is 41.4 Å². The van der Waals surface area contributed by atoms with Gasteiger partial charge in [0, 0.05) is 37.1 Å². The van der Waals surface area contributed by atoms with Crippen molar-refractivity contribution in [2.24, 2.45) is 0 Å². The zero-order valence-electron chi connectivity index (χ0n) is 21.7. The number of carbonyl (C=O) groups is 3. The second-order valence-corrected chi connectivity index (χ2v) is 10.2. The molecule has 4 atom stereocenters. The Labute approximate surface area is 237 Å². The van der Waals surface area contributed by atoms with Gasteiger partial charge in [-0.3, -0.25) is 4.90 Å². The molecule has 12 heteroatoms. The van der Waals surface area contributed by atoms with E-state index in [-0.39, 0.29) is 49.2 Å². The summed E-state index contributed by atoms with van der Waals surface area (Å²) in [5.74, 6) is -2.83. The van der Waals surface area contributed by atoms with Gasteiger partial charge in [-0.1, -0.05) is 12.1 Å². The predicted molar refractivity (Wildman–Crippen MR) is 143 cm³/mol. The summed E-state index contributed by atoms with van der Waals surface area (Å²) >= 11 is 0. The van der Waals surface area contributed by atoms with Crippen molar-refractivity contribution >= 4 is 43.5 Å². The Balaban J connectivity index is 0.000000394. The summed E-state index contributed by atoms with van der Waals surface area (Å²) in [4.78, 5) is 35.1. The molecule has 0 bridgehead atoms. The van der Waals surface area contributed by atoms with Crippen molar-refractivity contribution < 1.29 is 36.7 Å². The van der Waals surface area contributed by atoms with Gasteiger partial charge in [0.05, 0.1) is 12.1 Å². The quantitative estimate of drug-likeness (QED) is 0.362. The maximum absolute atomic E-state index is 13.9. The van der Waals surface area contributed by atoms with Gasteiger partial charge in [0.15, 0.2) is 0 Å². The Morgan fingerprint density at radius 2 is 1.44 bits per heavy atom. The van der Waals surface area contributed by atoms with E-state index in [1.165, 1.54) is 29.2 Å². The van der Waals surface area contributed by atoms with Crippen LogP contribution in [0.4, 0.5) is 22.4 Å². The van der Waals surface area contributed by atoms with Crippen LogP contribution in [-0.2, 0) is 14.3 Å². The number of hydrogen-bond acceptors (Lipinski definition) is 5. The van der Waals surface area contributed by atoms with Crippen LogP contribution < -0.4 is 5.32 Å². The monoisotopic (exact) mass is 594 g/mol. The molecule has 0 aromatic heterocycles. The number of amides is 1. The molecule has 1 amide bonds. The van der Waals surface area contributed by atoms with Crippen LogP contribution in [-0.4, -0.2) is 54.3 Å². The Hall–Kier alpha value is -2.69. The van der Waals surface area contributed by atoms with Crippen molar-refractivity contribution in [2.75, 3.05) is 13.1 Å². The molecular weight excluding hydrogens is 563 g/mol. The van der Waals surface area contributed by atoms with E-state index in [2.05, 4.69) is 5.32 Å². The Kier molecular flexibility index (Phi) is 12.9. The molecule has 0 radical (unpaired) electrons. The van der Waals surface area contributed by atoms with Gasteiger partial charge in [-0.05, 0) is 56.9 Å². The van der Waals surface area contributed by atoms with Crippen LogP contribution in [0.3, 0.4) is 0 Å². The molecule has 2 fully saturated rings. The molecule has 2 saturated heterocycles.